The molecule has 3 aromatic rings. The third-order valence-electron chi connectivity index (χ3n) is 5.68. The van der Waals surface area contributed by atoms with Crippen molar-refractivity contribution < 1.29 is 23.6 Å². The molecule has 2 aliphatic heterocycles. The summed E-state index contributed by atoms with van der Waals surface area (Å²) < 4.78 is 16.7. The van der Waals surface area contributed by atoms with Crippen molar-refractivity contribution in [2.75, 3.05) is 18.1 Å². The average molecular weight is 493 g/mol. The van der Waals surface area contributed by atoms with Crippen molar-refractivity contribution in [3.05, 3.63) is 65.9 Å². The van der Waals surface area contributed by atoms with Crippen molar-refractivity contribution in [1.82, 2.24) is 15.0 Å². The molecule has 0 spiro atoms. The van der Waals surface area contributed by atoms with Crippen LogP contribution in [0, 0.1) is 0 Å². The second-order valence-corrected chi connectivity index (χ2v) is 8.88. The van der Waals surface area contributed by atoms with E-state index in [1.165, 1.54) is 16.7 Å². The fraction of sp³-hybridized carbons (Fsp3) is 0.280. The maximum atomic E-state index is 13.6. The smallest absolute Gasteiger partial charge is 0.332 e. The zero-order valence-corrected chi connectivity index (χ0v) is 20.1. The first-order valence-corrected chi connectivity index (χ1v) is 12.3. The number of anilines is 1. The number of ether oxygens (including phenoxy) is 2. The van der Waals surface area contributed by atoms with E-state index in [1.54, 1.807) is 29.2 Å². The number of urea groups is 1. The van der Waals surface area contributed by atoms with Crippen molar-refractivity contribution in [2.24, 2.45) is 0 Å². The molecule has 0 aliphatic carbocycles. The molecular formula is C25H24N4O5S. The molecule has 10 heteroatoms. The number of nitrogens with zero attached hydrogens (tertiary/aromatic N) is 4. The highest BCUT2D eigenvalue weighted by Crippen LogP contribution is 2.37. The Morgan fingerprint density at radius 1 is 1.03 bits per heavy atom. The van der Waals surface area contributed by atoms with E-state index in [9.17, 15) is 9.59 Å². The van der Waals surface area contributed by atoms with E-state index < -0.39 is 17.3 Å². The summed E-state index contributed by atoms with van der Waals surface area (Å²) in [4.78, 5) is 34.1. The lowest BCUT2D eigenvalue weighted by molar-refractivity contribution is -0.119. The summed E-state index contributed by atoms with van der Waals surface area (Å²) in [5.41, 5.74) is 1.19. The van der Waals surface area contributed by atoms with E-state index in [4.69, 9.17) is 14.0 Å². The van der Waals surface area contributed by atoms with E-state index in [0.29, 0.717) is 41.8 Å². The molecule has 180 valence electrons. The quantitative estimate of drug-likeness (QED) is 0.453. The van der Waals surface area contributed by atoms with Crippen LogP contribution < -0.4 is 14.4 Å². The summed E-state index contributed by atoms with van der Waals surface area (Å²) in [6.45, 7) is 4.90. The lowest BCUT2D eigenvalue weighted by Gasteiger charge is -2.40. The monoisotopic (exact) mass is 492 g/mol. The first-order chi connectivity index (χ1) is 17.1. The van der Waals surface area contributed by atoms with Gasteiger partial charge < -0.3 is 18.9 Å². The van der Waals surface area contributed by atoms with Gasteiger partial charge in [-0.25, -0.2) is 9.69 Å². The van der Waals surface area contributed by atoms with Crippen LogP contribution in [0.4, 0.5) is 10.5 Å². The topological polar surface area (TPSA) is 98.0 Å². The van der Waals surface area contributed by atoms with E-state index in [1.807, 2.05) is 49.6 Å². The van der Waals surface area contributed by atoms with Crippen molar-refractivity contribution in [2.45, 2.75) is 31.7 Å². The van der Waals surface area contributed by atoms with E-state index in [2.05, 4.69) is 10.1 Å². The highest BCUT2D eigenvalue weighted by molar-refractivity contribution is 8.03. The van der Waals surface area contributed by atoms with Crippen LogP contribution in [0.15, 0.2) is 64.5 Å². The third-order valence-corrected chi connectivity index (χ3v) is 6.77. The Hall–Kier alpha value is -3.79. The van der Waals surface area contributed by atoms with Crippen LogP contribution in [0.1, 0.15) is 19.7 Å². The van der Waals surface area contributed by atoms with Crippen LogP contribution >= 0.6 is 11.8 Å². The predicted octanol–water partition coefficient (Wildman–Crippen LogP) is 4.50. The van der Waals surface area contributed by atoms with Crippen LogP contribution in [-0.4, -0.2) is 51.5 Å². The fourth-order valence-electron chi connectivity index (χ4n) is 4.12. The lowest BCUT2D eigenvalue weighted by Crippen LogP contribution is -2.61. The Balaban J connectivity index is 1.42. The molecule has 0 saturated carbocycles. The van der Waals surface area contributed by atoms with Gasteiger partial charge in [0.1, 0.15) is 23.3 Å². The molecule has 1 aromatic heterocycles. The molecule has 2 aromatic carbocycles. The first-order valence-electron chi connectivity index (χ1n) is 11.3. The number of imide groups is 1. The number of aromatic nitrogens is 2. The number of rotatable bonds is 8. The molecule has 5 rings (SSSR count). The third kappa shape index (κ3) is 4.37. The standard InChI is InChI=1S/C25H24N4O5S/c1-3-32-17-11-9-16(10-12-17)29-24(30)22-19(13-14-35-22)28(25(29)31)15-21-26-23(27-34-21)18-7-5-6-8-20(18)33-4-2/h5-14,19,22H,3-4,15H2,1-2H3. The van der Waals surface area contributed by atoms with Gasteiger partial charge in [0.2, 0.25) is 11.7 Å². The molecule has 0 N–H and O–H groups in total. The van der Waals surface area contributed by atoms with Crippen LogP contribution in [0.3, 0.4) is 0 Å². The minimum absolute atomic E-state index is 0.0650. The predicted molar refractivity (Wildman–Crippen MR) is 131 cm³/mol. The molecule has 2 unspecified atom stereocenters. The normalized spacial score (nSPS) is 19.3. The van der Waals surface area contributed by atoms with Gasteiger partial charge in [0.05, 0.1) is 30.5 Å². The molecule has 0 radical (unpaired) electrons. The number of amides is 3. The molecule has 2 aliphatic rings. The highest BCUT2D eigenvalue weighted by Gasteiger charge is 2.48. The molecule has 35 heavy (non-hydrogen) atoms. The van der Waals surface area contributed by atoms with E-state index in [-0.39, 0.29) is 18.3 Å². The van der Waals surface area contributed by atoms with Crippen LogP contribution in [0.25, 0.3) is 11.4 Å². The highest BCUT2D eigenvalue weighted by atomic mass is 32.2. The van der Waals surface area contributed by atoms with Crippen molar-refractivity contribution in [3.8, 4) is 22.9 Å². The largest absolute Gasteiger partial charge is 0.494 e. The first kappa shape index (κ1) is 23.0. The van der Waals surface area contributed by atoms with E-state index in [0.717, 1.165) is 0 Å². The summed E-state index contributed by atoms with van der Waals surface area (Å²) in [6, 6.07) is 13.5. The van der Waals surface area contributed by atoms with Crippen LogP contribution in [0.2, 0.25) is 0 Å². The molecule has 2 atom stereocenters. The van der Waals surface area contributed by atoms with Crippen molar-refractivity contribution in [3.63, 3.8) is 0 Å². The summed E-state index contributed by atoms with van der Waals surface area (Å²) in [5, 5.41) is 5.51. The number of carbonyl (C=O) groups excluding carboxylic acids is 2. The number of hydrogen-bond donors (Lipinski definition) is 0. The van der Waals surface area contributed by atoms with Gasteiger partial charge in [0.25, 0.3) is 5.91 Å². The maximum absolute atomic E-state index is 13.6. The van der Waals surface area contributed by atoms with Gasteiger partial charge in [0.15, 0.2) is 0 Å². The number of hydrogen-bond acceptors (Lipinski definition) is 8. The van der Waals surface area contributed by atoms with Gasteiger partial charge in [-0.3, -0.25) is 4.79 Å². The second kappa shape index (κ2) is 9.83. The molecule has 0 bridgehead atoms. The summed E-state index contributed by atoms with van der Waals surface area (Å²) >= 11 is 1.40. The Bertz CT molecular complexity index is 1260. The van der Waals surface area contributed by atoms with Gasteiger partial charge in [0, 0.05) is 0 Å². The molecule has 3 heterocycles. The van der Waals surface area contributed by atoms with Gasteiger partial charge in [-0.2, -0.15) is 4.98 Å². The minimum Gasteiger partial charge on any atom is -0.494 e. The summed E-state index contributed by atoms with van der Waals surface area (Å²) in [5.74, 6) is 1.71. The minimum atomic E-state index is -0.444. The van der Waals surface area contributed by atoms with Crippen LogP contribution in [-0.2, 0) is 11.3 Å². The number of carbonyl (C=O) groups is 2. The average Bonchev–Trinajstić information content (AvgIpc) is 3.54. The molecule has 3 amide bonds. The number of thioether (sulfide) groups is 1. The molecule has 1 saturated heterocycles. The molecule has 1 fully saturated rings. The Kier molecular flexibility index (Phi) is 6.45. The van der Waals surface area contributed by atoms with Gasteiger partial charge in [-0.1, -0.05) is 23.4 Å². The zero-order chi connectivity index (χ0) is 24.4. The fourth-order valence-corrected chi connectivity index (χ4v) is 5.16. The zero-order valence-electron chi connectivity index (χ0n) is 19.3. The number of para-hydroxylation sites is 1. The van der Waals surface area contributed by atoms with Crippen LogP contribution in [0.5, 0.6) is 11.5 Å². The van der Waals surface area contributed by atoms with E-state index >= 15 is 0 Å². The maximum Gasteiger partial charge on any atom is 0.332 e. The SMILES string of the molecule is CCOc1ccc(N2C(=O)C3SC=CC3N(Cc3nc(-c4ccccc4OCC)no3)C2=O)cc1. The Morgan fingerprint density at radius 3 is 2.57 bits per heavy atom. The summed E-state index contributed by atoms with van der Waals surface area (Å²) in [7, 11) is 0. The molecule has 9 nitrogen and oxygen atoms in total. The summed E-state index contributed by atoms with van der Waals surface area (Å²) in [6.07, 6.45) is 1.86. The van der Waals surface area contributed by atoms with Crippen molar-refractivity contribution in [1.29, 1.82) is 0 Å². The lowest BCUT2D eigenvalue weighted by atomic mass is 10.1. The van der Waals surface area contributed by atoms with Gasteiger partial charge in [-0.15, -0.1) is 11.8 Å². The second-order valence-electron chi connectivity index (χ2n) is 7.83. The van der Waals surface area contributed by atoms with Gasteiger partial charge in [-0.05, 0) is 55.7 Å². The Labute approximate surface area is 206 Å². The van der Waals surface area contributed by atoms with Crippen molar-refractivity contribution >= 4 is 29.4 Å². The number of fused-ring (bicyclic) bond motifs is 1. The van der Waals surface area contributed by atoms with Gasteiger partial charge >= 0.3 is 6.03 Å². The molecular weight excluding hydrogens is 468 g/mol. The Morgan fingerprint density at radius 2 is 1.80 bits per heavy atom. The number of benzene rings is 2.